The number of nitrogens with one attached hydrogen (secondary N) is 2. The zero-order valence-corrected chi connectivity index (χ0v) is 22.9. The van der Waals surface area contributed by atoms with Crippen molar-refractivity contribution < 1.29 is 32.3 Å². The van der Waals surface area contributed by atoms with Crippen LogP contribution in [-0.2, 0) is 31.0 Å². The third kappa shape index (κ3) is 4.93. The van der Waals surface area contributed by atoms with Crippen molar-refractivity contribution in [2.45, 2.75) is 27.6 Å². The van der Waals surface area contributed by atoms with Crippen molar-refractivity contribution in [1.29, 1.82) is 0 Å². The fourth-order valence-corrected chi connectivity index (χ4v) is 7.91. The number of imide groups is 1. The predicted octanol–water partition coefficient (Wildman–Crippen LogP) is 1.09. The van der Waals surface area contributed by atoms with Crippen molar-refractivity contribution in [1.82, 2.24) is 9.88 Å². The molecule has 5 rings (SSSR count). The maximum absolute atomic E-state index is 13.1. The van der Waals surface area contributed by atoms with Crippen LogP contribution in [0.1, 0.15) is 16.4 Å². The quantitative estimate of drug-likeness (QED) is 0.340. The number of nitrogens with zero attached hydrogens (tertiary/aromatic N) is 1. The standard InChI is InChI=1S/C24H22N4O8S3/c1-35-14-8-3-11(9-15(14)36-2)17-18-19(22(31)27-21(18)30)37-23-20(17)38-24(32)28(23)10-16(29)26-12-4-6-13(7-5-12)39(25,33)34/h3-9,17-19H,10H2,1-2H3,(H,26,29)(H2,25,33,34)(H,27,30,31)/t17-,18+,19-/m0/s1. The molecule has 204 valence electrons. The molecule has 39 heavy (non-hydrogen) atoms. The molecule has 4 N–H and O–H groups in total. The molecule has 3 heterocycles. The Morgan fingerprint density at radius 2 is 1.74 bits per heavy atom. The van der Waals surface area contributed by atoms with Gasteiger partial charge in [-0.2, -0.15) is 0 Å². The zero-order chi connectivity index (χ0) is 28.1. The van der Waals surface area contributed by atoms with E-state index in [9.17, 15) is 27.6 Å². The van der Waals surface area contributed by atoms with E-state index in [0.29, 0.717) is 32.7 Å². The molecule has 0 unspecified atom stereocenters. The molecule has 3 amide bonds. The van der Waals surface area contributed by atoms with Gasteiger partial charge >= 0.3 is 4.87 Å². The third-order valence-corrected chi connectivity index (χ3v) is 9.97. The van der Waals surface area contributed by atoms with Crippen molar-refractivity contribution in [2.24, 2.45) is 11.1 Å². The summed E-state index contributed by atoms with van der Waals surface area (Å²) in [5.74, 6) is -1.92. The van der Waals surface area contributed by atoms with E-state index in [1.165, 1.54) is 43.1 Å². The highest BCUT2D eigenvalue weighted by Crippen LogP contribution is 2.52. The first-order chi connectivity index (χ1) is 18.5. The first-order valence-corrected chi connectivity index (χ1v) is 14.7. The molecule has 1 aromatic heterocycles. The third-order valence-electron chi connectivity index (χ3n) is 6.42. The Morgan fingerprint density at radius 1 is 1.05 bits per heavy atom. The van der Waals surface area contributed by atoms with E-state index in [-0.39, 0.29) is 11.4 Å². The van der Waals surface area contributed by atoms with Gasteiger partial charge in [0.1, 0.15) is 11.8 Å². The molecule has 2 aliphatic rings. The number of amides is 3. The zero-order valence-electron chi connectivity index (χ0n) is 20.5. The van der Waals surface area contributed by atoms with Crippen molar-refractivity contribution in [3.05, 3.63) is 62.6 Å². The number of aromatic nitrogens is 1. The molecule has 0 bridgehead atoms. The molecule has 0 spiro atoms. The van der Waals surface area contributed by atoms with Gasteiger partial charge in [0, 0.05) is 16.5 Å². The van der Waals surface area contributed by atoms with Crippen LogP contribution in [0.4, 0.5) is 5.69 Å². The minimum absolute atomic E-state index is 0.111. The van der Waals surface area contributed by atoms with Crippen LogP contribution >= 0.6 is 23.1 Å². The topological polar surface area (TPSA) is 176 Å². The number of rotatable bonds is 7. The second kappa shape index (κ2) is 10.1. The minimum atomic E-state index is -3.89. The number of fused-ring (bicyclic) bond motifs is 2. The van der Waals surface area contributed by atoms with Crippen LogP contribution in [0.25, 0.3) is 0 Å². The van der Waals surface area contributed by atoms with Gasteiger partial charge in [-0.1, -0.05) is 29.2 Å². The van der Waals surface area contributed by atoms with Crippen LogP contribution in [0.5, 0.6) is 11.5 Å². The highest BCUT2D eigenvalue weighted by Gasteiger charge is 2.53. The summed E-state index contributed by atoms with van der Waals surface area (Å²) < 4.78 is 34.9. The number of primary sulfonamides is 1. The first-order valence-electron chi connectivity index (χ1n) is 11.4. The number of thioether (sulfide) groups is 1. The van der Waals surface area contributed by atoms with E-state index in [1.54, 1.807) is 18.2 Å². The highest BCUT2D eigenvalue weighted by molar-refractivity contribution is 8.00. The van der Waals surface area contributed by atoms with Crippen molar-refractivity contribution in [2.75, 3.05) is 19.5 Å². The summed E-state index contributed by atoms with van der Waals surface area (Å²) >= 11 is 1.99. The van der Waals surface area contributed by atoms with Crippen LogP contribution in [0.3, 0.4) is 0 Å². The number of thiazole rings is 1. The van der Waals surface area contributed by atoms with Crippen LogP contribution in [0.15, 0.2) is 57.2 Å². The molecule has 1 fully saturated rings. The molecule has 2 aromatic carbocycles. The summed E-state index contributed by atoms with van der Waals surface area (Å²) in [6, 6.07) is 10.4. The van der Waals surface area contributed by atoms with Gasteiger partial charge in [0.2, 0.25) is 27.7 Å². The number of sulfonamides is 1. The van der Waals surface area contributed by atoms with Crippen molar-refractivity contribution in [3.8, 4) is 11.5 Å². The predicted molar refractivity (Wildman–Crippen MR) is 143 cm³/mol. The number of benzene rings is 2. The van der Waals surface area contributed by atoms with E-state index < -0.39 is 49.7 Å². The number of anilines is 1. The molecule has 3 aromatic rings. The summed E-state index contributed by atoms with van der Waals surface area (Å²) in [6.07, 6.45) is 0. The van der Waals surface area contributed by atoms with E-state index >= 15 is 0 Å². The molecular weight excluding hydrogens is 568 g/mol. The molecule has 0 aliphatic carbocycles. The fraction of sp³-hybridized carbons (Fsp3) is 0.250. The van der Waals surface area contributed by atoms with Gasteiger partial charge in [0.15, 0.2) is 11.5 Å². The Bertz CT molecular complexity index is 1660. The van der Waals surface area contributed by atoms with E-state index in [0.717, 1.165) is 23.1 Å². The summed E-state index contributed by atoms with van der Waals surface area (Å²) in [4.78, 5) is 51.6. The molecule has 0 saturated carbocycles. The van der Waals surface area contributed by atoms with Gasteiger partial charge in [0.25, 0.3) is 0 Å². The first kappa shape index (κ1) is 26.9. The highest BCUT2D eigenvalue weighted by atomic mass is 32.2. The Balaban J connectivity index is 1.50. The molecule has 0 radical (unpaired) electrons. The van der Waals surface area contributed by atoms with Crippen LogP contribution in [-0.4, -0.2) is 50.2 Å². The maximum atomic E-state index is 13.1. The summed E-state index contributed by atoms with van der Waals surface area (Å²) in [7, 11) is -0.910. The number of hydrogen-bond acceptors (Lipinski definition) is 10. The number of nitrogens with two attached hydrogens (primary N) is 1. The van der Waals surface area contributed by atoms with Crippen molar-refractivity contribution >= 4 is 56.5 Å². The van der Waals surface area contributed by atoms with Crippen LogP contribution < -0.4 is 30.1 Å². The van der Waals surface area contributed by atoms with E-state index in [1.807, 2.05) is 0 Å². The van der Waals surface area contributed by atoms with Crippen molar-refractivity contribution in [3.63, 3.8) is 0 Å². The molecule has 1 saturated heterocycles. The monoisotopic (exact) mass is 590 g/mol. The van der Waals surface area contributed by atoms with E-state index in [2.05, 4.69) is 10.6 Å². The second-order valence-corrected chi connectivity index (χ2v) is 12.4. The van der Waals surface area contributed by atoms with Gasteiger partial charge in [0.05, 0.1) is 30.1 Å². The molecule has 15 heteroatoms. The lowest BCUT2D eigenvalue weighted by atomic mass is 9.83. The number of ether oxygens (including phenoxy) is 2. The number of carbonyl (C=O) groups excluding carboxylic acids is 3. The Kier molecular flexibility index (Phi) is 7.00. The lowest BCUT2D eigenvalue weighted by Gasteiger charge is -2.31. The number of methoxy groups -OCH3 is 2. The molecular formula is C24H22N4O8S3. The average Bonchev–Trinajstić information content (AvgIpc) is 3.36. The summed E-state index contributed by atoms with van der Waals surface area (Å²) in [5.41, 5.74) is 0.961. The van der Waals surface area contributed by atoms with Gasteiger partial charge < -0.3 is 14.8 Å². The average molecular weight is 591 g/mol. The Hall–Kier alpha value is -3.66. The largest absolute Gasteiger partial charge is 0.493 e. The summed E-state index contributed by atoms with van der Waals surface area (Å²) in [5, 5.41) is 9.75. The lowest BCUT2D eigenvalue weighted by molar-refractivity contribution is -0.126. The Labute approximate surface area is 230 Å². The number of carbonyl (C=O) groups is 3. The van der Waals surface area contributed by atoms with Gasteiger partial charge in [-0.3, -0.25) is 29.1 Å². The van der Waals surface area contributed by atoms with Gasteiger partial charge in [-0.05, 0) is 42.0 Å². The lowest BCUT2D eigenvalue weighted by Crippen LogP contribution is -2.32. The SMILES string of the molecule is COc1ccc([C@@H]2c3sc(=O)n(CC(=O)Nc4ccc(S(N)(=O)=O)cc4)c3S[C@@H]3C(=O)NC(=O)[C@H]23)cc1OC. The van der Waals surface area contributed by atoms with E-state index in [4.69, 9.17) is 14.6 Å². The summed E-state index contributed by atoms with van der Waals surface area (Å²) in [6.45, 7) is -0.361. The minimum Gasteiger partial charge on any atom is -0.493 e. The molecule has 2 aliphatic heterocycles. The Morgan fingerprint density at radius 3 is 2.38 bits per heavy atom. The van der Waals surface area contributed by atoms with Crippen LogP contribution in [0, 0.1) is 5.92 Å². The van der Waals surface area contributed by atoms with Gasteiger partial charge in [-0.25, -0.2) is 13.6 Å². The maximum Gasteiger partial charge on any atom is 0.308 e. The normalized spacial score (nSPS) is 20.1. The fourth-order valence-electron chi connectivity index (χ4n) is 4.65. The van der Waals surface area contributed by atoms with Crippen LogP contribution in [0.2, 0.25) is 0 Å². The smallest absolute Gasteiger partial charge is 0.308 e. The second-order valence-electron chi connectivity index (χ2n) is 8.75. The number of hydrogen-bond donors (Lipinski definition) is 3. The van der Waals surface area contributed by atoms with Gasteiger partial charge in [-0.15, -0.1) is 0 Å². The molecule has 3 atom stereocenters. The molecule has 12 nitrogen and oxygen atoms in total.